The summed E-state index contributed by atoms with van der Waals surface area (Å²) in [5.41, 5.74) is 1.57. The summed E-state index contributed by atoms with van der Waals surface area (Å²) >= 11 is 0. The zero-order chi connectivity index (χ0) is 20.6. The van der Waals surface area contributed by atoms with Gasteiger partial charge in [0.1, 0.15) is 0 Å². The van der Waals surface area contributed by atoms with Gasteiger partial charge in [0.15, 0.2) is 0 Å². The van der Waals surface area contributed by atoms with Crippen LogP contribution in [0.3, 0.4) is 0 Å². The van der Waals surface area contributed by atoms with E-state index in [9.17, 15) is 14.4 Å². The first-order chi connectivity index (χ1) is 14.1. The molecule has 2 heterocycles. The van der Waals surface area contributed by atoms with Crippen LogP contribution in [0.4, 0.5) is 4.79 Å². The van der Waals surface area contributed by atoms with Crippen LogP contribution in [-0.2, 0) is 20.8 Å². The molecule has 2 aliphatic heterocycles. The molecule has 0 atom stereocenters. The van der Waals surface area contributed by atoms with Crippen molar-refractivity contribution < 1.29 is 23.9 Å². The average Bonchev–Trinajstić information content (AvgIpc) is 2.78. The van der Waals surface area contributed by atoms with Gasteiger partial charge in [-0.2, -0.15) is 0 Å². The highest BCUT2D eigenvalue weighted by molar-refractivity contribution is 5.94. The molecule has 158 valence electrons. The fourth-order valence-corrected chi connectivity index (χ4v) is 3.58. The van der Waals surface area contributed by atoms with Crippen molar-refractivity contribution in [1.82, 2.24) is 15.1 Å². The van der Waals surface area contributed by atoms with Gasteiger partial charge in [-0.3, -0.25) is 9.59 Å². The third-order valence-electron chi connectivity index (χ3n) is 5.35. The van der Waals surface area contributed by atoms with Crippen LogP contribution in [0.2, 0.25) is 0 Å². The molecular formula is C21H29N3O5. The van der Waals surface area contributed by atoms with Crippen molar-refractivity contribution in [3.8, 4) is 0 Å². The van der Waals surface area contributed by atoms with E-state index in [4.69, 9.17) is 9.47 Å². The number of ether oxygens (including phenoxy) is 2. The largest absolute Gasteiger partial charge is 0.466 e. The van der Waals surface area contributed by atoms with Crippen molar-refractivity contribution in [2.24, 2.45) is 5.92 Å². The van der Waals surface area contributed by atoms with E-state index in [0.29, 0.717) is 70.9 Å². The quantitative estimate of drug-likeness (QED) is 0.755. The molecule has 0 bridgehead atoms. The number of nitrogens with zero attached hydrogens (tertiary/aromatic N) is 2. The number of rotatable bonds is 5. The third kappa shape index (κ3) is 5.69. The van der Waals surface area contributed by atoms with E-state index < -0.39 is 0 Å². The molecule has 29 heavy (non-hydrogen) atoms. The van der Waals surface area contributed by atoms with E-state index in [1.54, 1.807) is 28.9 Å². The Balaban J connectivity index is 1.43. The number of carbonyl (C=O) groups is 3. The molecule has 2 fully saturated rings. The Labute approximate surface area is 171 Å². The lowest BCUT2D eigenvalue weighted by Crippen LogP contribution is -2.45. The number of hydrogen-bond acceptors (Lipinski definition) is 5. The summed E-state index contributed by atoms with van der Waals surface area (Å²) in [6.07, 6.45) is 1.26. The predicted octanol–water partition coefficient (Wildman–Crippen LogP) is 1.64. The lowest BCUT2D eigenvalue weighted by Gasteiger charge is -2.30. The Morgan fingerprint density at radius 3 is 2.31 bits per heavy atom. The highest BCUT2D eigenvalue weighted by Gasteiger charge is 2.28. The van der Waals surface area contributed by atoms with Crippen molar-refractivity contribution in [1.29, 1.82) is 0 Å². The Bertz CT molecular complexity index is 708. The minimum absolute atomic E-state index is 0.00774. The molecule has 0 radical (unpaired) electrons. The summed E-state index contributed by atoms with van der Waals surface area (Å²) in [6, 6.07) is 7.18. The predicted molar refractivity (Wildman–Crippen MR) is 106 cm³/mol. The highest BCUT2D eigenvalue weighted by atomic mass is 16.5. The standard InChI is InChI=1S/C21H29N3O5/c1-2-29-20(26)18-7-9-24(10-8-18)21(27)22-15-16-3-5-17(6-4-16)19(25)23-11-13-28-14-12-23/h3-6,18H,2,7-15H2,1H3,(H,22,27). The van der Waals surface area contributed by atoms with Gasteiger partial charge in [0.2, 0.25) is 0 Å². The van der Waals surface area contributed by atoms with Crippen LogP contribution in [0.15, 0.2) is 24.3 Å². The molecule has 0 unspecified atom stereocenters. The van der Waals surface area contributed by atoms with Crippen molar-refractivity contribution in [2.45, 2.75) is 26.3 Å². The van der Waals surface area contributed by atoms with Crippen molar-refractivity contribution in [3.05, 3.63) is 35.4 Å². The molecule has 0 spiro atoms. The van der Waals surface area contributed by atoms with Gasteiger partial charge in [-0.25, -0.2) is 4.79 Å². The van der Waals surface area contributed by atoms with Crippen LogP contribution in [-0.4, -0.2) is 73.7 Å². The fourth-order valence-electron chi connectivity index (χ4n) is 3.58. The van der Waals surface area contributed by atoms with Crippen molar-refractivity contribution in [3.63, 3.8) is 0 Å². The third-order valence-corrected chi connectivity index (χ3v) is 5.35. The van der Waals surface area contributed by atoms with E-state index >= 15 is 0 Å². The number of piperidine rings is 1. The summed E-state index contributed by atoms with van der Waals surface area (Å²) in [5, 5.41) is 2.91. The summed E-state index contributed by atoms with van der Waals surface area (Å²) in [4.78, 5) is 40.1. The number of benzene rings is 1. The smallest absolute Gasteiger partial charge is 0.317 e. The highest BCUT2D eigenvalue weighted by Crippen LogP contribution is 2.19. The Hall–Kier alpha value is -2.61. The minimum atomic E-state index is -0.167. The summed E-state index contributed by atoms with van der Waals surface area (Å²) in [5.74, 6) is -0.275. The number of amides is 3. The zero-order valence-electron chi connectivity index (χ0n) is 16.9. The van der Waals surface area contributed by atoms with Gasteiger partial charge in [0.25, 0.3) is 5.91 Å². The number of carbonyl (C=O) groups excluding carboxylic acids is 3. The number of esters is 1. The zero-order valence-corrected chi connectivity index (χ0v) is 16.9. The van der Waals surface area contributed by atoms with Gasteiger partial charge in [-0.1, -0.05) is 12.1 Å². The lowest BCUT2D eigenvalue weighted by atomic mass is 9.97. The molecule has 1 aromatic carbocycles. The van der Waals surface area contributed by atoms with Crippen LogP contribution < -0.4 is 5.32 Å². The van der Waals surface area contributed by atoms with E-state index in [-0.39, 0.29) is 23.8 Å². The van der Waals surface area contributed by atoms with Gasteiger partial charge in [0.05, 0.1) is 25.7 Å². The molecule has 2 saturated heterocycles. The molecule has 3 amide bonds. The van der Waals surface area contributed by atoms with Gasteiger partial charge in [-0.05, 0) is 37.5 Å². The van der Waals surface area contributed by atoms with Crippen LogP contribution in [0, 0.1) is 5.92 Å². The molecule has 1 N–H and O–H groups in total. The number of hydrogen-bond donors (Lipinski definition) is 1. The topological polar surface area (TPSA) is 88.2 Å². The molecule has 8 heteroatoms. The maximum absolute atomic E-state index is 12.5. The second kappa shape index (κ2) is 10.2. The second-order valence-electron chi connectivity index (χ2n) is 7.27. The van der Waals surface area contributed by atoms with E-state index in [1.807, 2.05) is 12.1 Å². The van der Waals surface area contributed by atoms with Crippen LogP contribution in [0.25, 0.3) is 0 Å². The van der Waals surface area contributed by atoms with E-state index in [0.717, 1.165) is 5.56 Å². The average molecular weight is 403 g/mol. The second-order valence-corrected chi connectivity index (χ2v) is 7.27. The molecule has 0 aromatic heterocycles. The van der Waals surface area contributed by atoms with E-state index in [2.05, 4.69) is 5.32 Å². The van der Waals surface area contributed by atoms with Gasteiger partial charge >= 0.3 is 12.0 Å². The molecule has 8 nitrogen and oxygen atoms in total. The number of likely N-dealkylation sites (tertiary alicyclic amines) is 1. The Kier molecular flexibility index (Phi) is 7.46. The minimum Gasteiger partial charge on any atom is -0.466 e. The van der Waals surface area contributed by atoms with Crippen LogP contribution >= 0.6 is 0 Å². The molecule has 2 aliphatic rings. The van der Waals surface area contributed by atoms with Crippen LogP contribution in [0.1, 0.15) is 35.7 Å². The monoisotopic (exact) mass is 403 g/mol. The number of nitrogens with one attached hydrogen (secondary N) is 1. The Morgan fingerprint density at radius 1 is 1.03 bits per heavy atom. The summed E-state index contributed by atoms with van der Waals surface area (Å²) in [6.45, 7) is 6.04. The fraction of sp³-hybridized carbons (Fsp3) is 0.571. The Morgan fingerprint density at radius 2 is 1.69 bits per heavy atom. The first-order valence-corrected chi connectivity index (χ1v) is 10.2. The first kappa shape index (κ1) is 21.1. The van der Waals surface area contributed by atoms with Crippen LogP contribution in [0.5, 0.6) is 0 Å². The maximum atomic E-state index is 12.5. The molecular weight excluding hydrogens is 374 g/mol. The first-order valence-electron chi connectivity index (χ1n) is 10.2. The normalized spacial score (nSPS) is 17.7. The van der Waals surface area contributed by atoms with Gasteiger partial charge in [0, 0.05) is 38.3 Å². The molecule has 0 saturated carbocycles. The molecule has 0 aliphatic carbocycles. The summed E-state index contributed by atoms with van der Waals surface area (Å²) < 4.78 is 10.3. The van der Waals surface area contributed by atoms with Gasteiger partial charge in [-0.15, -0.1) is 0 Å². The van der Waals surface area contributed by atoms with Crippen molar-refractivity contribution in [2.75, 3.05) is 46.0 Å². The lowest BCUT2D eigenvalue weighted by molar-refractivity contribution is -0.149. The molecule has 3 rings (SSSR count). The SMILES string of the molecule is CCOC(=O)C1CCN(C(=O)NCc2ccc(C(=O)N3CCOCC3)cc2)CC1. The van der Waals surface area contributed by atoms with E-state index in [1.165, 1.54) is 0 Å². The van der Waals surface area contributed by atoms with Gasteiger partial charge < -0.3 is 24.6 Å². The number of morpholine rings is 1. The molecule has 1 aromatic rings. The number of urea groups is 1. The summed E-state index contributed by atoms with van der Waals surface area (Å²) in [7, 11) is 0. The maximum Gasteiger partial charge on any atom is 0.317 e. The van der Waals surface area contributed by atoms with Crippen molar-refractivity contribution >= 4 is 17.9 Å².